The van der Waals surface area contributed by atoms with Gasteiger partial charge in [0.15, 0.2) is 0 Å². The van der Waals surface area contributed by atoms with Crippen LogP contribution < -0.4 is 0 Å². The van der Waals surface area contributed by atoms with Crippen LogP contribution in [0.1, 0.15) is 47.5 Å². The van der Waals surface area contributed by atoms with Gasteiger partial charge in [-0.25, -0.2) is 0 Å². The van der Waals surface area contributed by atoms with Gasteiger partial charge in [0.2, 0.25) is 0 Å². The van der Waals surface area contributed by atoms with Crippen LogP contribution in [0, 0.1) is 0 Å². The molecule has 0 N–H and O–H groups in total. The Kier molecular flexibility index (Phi) is 5.32. The van der Waals surface area contributed by atoms with E-state index in [9.17, 15) is 0 Å². The summed E-state index contributed by atoms with van der Waals surface area (Å²) in [6, 6.07) is 0. The molecule has 0 saturated carbocycles. The van der Waals surface area contributed by atoms with Crippen molar-refractivity contribution in [2.24, 2.45) is 3.34 Å². The molecule has 0 aliphatic heterocycles. The topological polar surface area (TPSA) is 21.6 Å². The summed E-state index contributed by atoms with van der Waals surface area (Å²) >= 11 is -2.04. The maximum atomic E-state index is 6.17. The fourth-order valence-electron chi connectivity index (χ4n) is 1.25. The van der Waals surface area contributed by atoms with E-state index >= 15 is 0 Å². The fraction of sp³-hybridized carbons (Fsp3) is 0.692. The van der Waals surface area contributed by atoms with Crippen molar-refractivity contribution in [3.8, 4) is 0 Å². The Bertz CT molecular complexity index is 323. The summed E-state index contributed by atoms with van der Waals surface area (Å²) < 4.78 is 12.6. The zero-order chi connectivity index (χ0) is 12.2. The van der Waals surface area contributed by atoms with E-state index in [-0.39, 0.29) is 5.54 Å². The van der Waals surface area contributed by atoms with Crippen molar-refractivity contribution < 1.29 is 21.9 Å². The summed E-state index contributed by atoms with van der Waals surface area (Å²) in [4.78, 5) is 0. The van der Waals surface area contributed by atoms with Crippen LogP contribution in [0.5, 0.6) is 0 Å². The van der Waals surface area contributed by atoms with E-state index in [0.717, 1.165) is 12.8 Å². The Morgan fingerprint density at radius 2 is 2.19 bits per heavy atom. The minimum absolute atomic E-state index is 0.0275. The van der Waals surface area contributed by atoms with Crippen molar-refractivity contribution in [2.75, 3.05) is 0 Å². The molecule has 1 aliphatic rings. The molecular weight excluding hydrogens is 279 g/mol. The summed E-state index contributed by atoms with van der Waals surface area (Å²) in [5.74, 6) is 0. The fourth-order valence-corrected chi connectivity index (χ4v) is 5.73. The van der Waals surface area contributed by atoms with Gasteiger partial charge in [-0.1, -0.05) is 0 Å². The van der Waals surface area contributed by atoms with Crippen molar-refractivity contribution >= 4 is 0 Å². The number of nitrogens with zero attached hydrogens (tertiary/aromatic N) is 1. The molecule has 0 bridgehead atoms. The van der Waals surface area contributed by atoms with Gasteiger partial charge in [0.25, 0.3) is 0 Å². The van der Waals surface area contributed by atoms with E-state index in [0.29, 0.717) is 6.10 Å². The van der Waals surface area contributed by atoms with Crippen LogP contribution in [0.2, 0.25) is 0 Å². The molecule has 91 valence electrons. The van der Waals surface area contributed by atoms with E-state index in [1.165, 1.54) is 3.79 Å². The number of rotatable bonds is 4. The van der Waals surface area contributed by atoms with Gasteiger partial charge in [0.05, 0.1) is 0 Å². The zero-order valence-electron chi connectivity index (χ0n) is 11.0. The first kappa shape index (κ1) is 14.0. The third kappa shape index (κ3) is 4.88. The first-order valence-electron chi connectivity index (χ1n) is 5.98. The average molecular weight is 302 g/mol. The molecule has 0 amide bonds. The molecule has 0 heterocycles. The second kappa shape index (κ2) is 6.06. The van der Waals surface area contributed by atoms with Crippen molar-refractivity contribution in [1.29, 1.82) is 0 Å². The molecule has 1 unspecified atom stereocenters. The van der Waals surface area contributed by atoms with Gasteiger partial charge in [-0.05, 0) is 0 Å². The van der Waals surface area contributed by atoms with Crippen molar-refractivity contribution in [3.63, 3.8) is 0 Å². The Morgan fingerprint density at radius 3 is 2.62 bits per heavy atom. The summed E-state index contributed by atoms with van der Waals surface area (Å²) in [6.07, 6.45) is 9.01. The van der Waals surface area contributed by atoms with Crippen molar-refractivity contribution in [2.45, 2.75) is 59.1 Å². The van der Waals surface area contributed by atoms with Gasteiger partial charge >= 0.3 is 106 Å². The molecule has 16 heavy (non-hydrogen) atoms. The Labute approximate surface area is 106 Å². The van der Waals surface area contributed by atoms with E-state index in [2.05, 4.69) is 52.8 Å². The molecule has 0 fully saturated rings. The first-order chi connectivity index (χ1) is 7.42. The molecule has 1 atom stereocenters. The monoisotopic (exact) mass is 302 g/mol. The molecule has 1 rings (SSSR count). The summed E-state index contributed by atoms with van der Waals surface area (Å²) in [5, 5.41) is 0. The van der Waals surface area contributed by atoms with Gasteiger partial charge in [-0.15, -0.1) is 0 Å². The van der Waals surface area contributed by atoms with Crippen LogP contribution in [0.4, 0.5) is 0 Å². The SMILES string of the molecule is CCC(C)[O][Nb](=[N]C(C)(C)C)[C]1=CC=CC1. The van der Waals surface area contributed by atoms with Crippen LogP contribution in [0.15, 0.2) is 25.4 Å². The summed E-state index contributed by atoms with van der Waals surface area (Å²) in [6.45, 7) is 10.8. The zero-order valence-corrected chi connectivity index (χ0v) is 13.2. The molecule has 0 aromatic heterocycles. The summed E-state index contributed by atoms with van der Waals surface area (Å²) in [5.41, 5.74) is 0.0275. The quantitative estimate of drug-likeness (QED) is 0.715. The standard InChI is InChI=1S/C5H5.C4H9N.C4H9O.Nb/c1-2-4-5-3-1;1-4(2,3)5;1-3-4(2)5;/h1-3H,4H2;1-3H3;4H,3H2,1-2H3;/q;;-1;+1. The van der Waals surface area contributed by atoms with E-state index in [1.54, 1.807) is 0 Å². The molecule has 0 aromatic rings. The Balaban J connectivity index is 2.82. The predicted octanol–water partition coefficient (Wildman–Crippen LogP) is 4.16. The average Bonchev–Trinajstić information content (AvgIpc) is 2.67. The molecule has 0 saturated heterocycles. The van der Waals surface area contributed by atoms with Gasteiger partial charge in [-0.2, -0.15) is 0 Å². The molecule has 3 heteroatoms. The van der Waals surface area contributed by atoms with E-state index in [1.807, 2.05) is 0 Å². The molecule has 2 nitrogen and oxygen atoms in total. The van der Waals surface area contributed by atoms with Crippen LogP contribution in [-0.2, 0) is 21.9 Å². The van der Waals surface area contributed by atoms with Crippen LogP contribution >= 0.6 is 0 Å². The van der Waals surface area contributed by atoms with Gasteiger partial charge in [-0.3, -0.25) is 0 Å². The van der Waals surface area contributed by atoms with Crippen LogP contribution in [-0.4, -0.2) is 11.6 Å². The Hall–Kier alpha value is -0.0197. The summed E-state index contributed by atoms with van der Waals surface area (Å²) in [7, 11) is 0. The normalized spacial score (nSPS) is 18.8. The molecule has 1 aliphatic carbocycles. The molecule has 0 radical (unpaired) electrons. The molecule has 0 spiro atoms. The third-order valence-corrected chi connectivity index (χ3v) is 7.56. The predicted molar refractivity (Wildman–Crippen MR) is 64.9 cm³/mol. The number of hydrogen-bond donors (Lipinski definition) is 0. The van der Waals surface area contributed by atoms with Gasteiger partial charge in [0.1, 0.15) is 0 Å². The van der Waals surface area contributed by atoms with Crippen molar-refractivity contribution in [1.82, 2.24) is 0 Å². The van der Waals surface area contributed by atoms with Crippen LogP contribution in [0.3, 0.4) is 0 Å². The van der Waals surface area contributed by atoms with Crippen LogP contribution in [0.25, 0.3) is 0 Å². The maximum absolute atomic E-state index is 6.17. The molecular formula is C13H23NNbO. The Morgan fingerprint density at radius 1 is 1.50 bits per heavy atom. The first-order valence-corrected chi connectivity index (χ1v) is 8.96. The van der Waals surface area contributed by atoms with Gasteiger partial charge < -0.3 is 0 Å². The van der Waals surface area contributed by atoms with Crippen molar-refractivity contribution in [3.05, 3.63) is 22.0 Å². The third-order valence-electron chi connectivity index (χ3n) is 2.24. The second-order valence-electron chi connectivity index (χ2n) is 5.16. The second-order valence-corrected chi connectivity index (χ2v) is 8.92. The minimum atomic E-state index is -2.04. The molecule has 0 aromatic carbocycles. The van der Waals surface area contributed by atoms with Gasteiger partial charge in [0, 0.05) is 0 Å². The van der Waals surface area contributed by atoms with E-state index in [4.69, 9.17) is 6.58 Å². The number of allylic oxidation sites excluding steroid dienone is 4. The van der Waals surface area contributed by atoms with E-state index < -0.39 is 18.7 Å². The number of hydrogen-bond acceptors (Lipinski definition) is 2.